The molecule has 5 nitrogen and oxygen atoms in total. The van der Waals surface area contributed by atoms with Gasteiger partial charge in [-0.25, -0.2) is 4.98 Å². The Morgan fingerprint density at radius 3 is 1.92 bits per heavy atom. The normalized spacial score (nSPS) is 12.9. The van der Waals surface area contributed by atoms with Crippen LogP contribution in [-0.2, 0) is 0 Å². The third-order valence-electron chi connectivity index (χ3n) is 10.2. The summed E-state index contributed by atoms with van der Waals surface area (Å²) in [6.07, 6.45) is 3.66. The Kier molecular flexibility index (Phi) is 7.34. The first-order valence-electron chi connectivity index (χ1n) is 19.1. The molecule has 53 heavy (non-hydrogen) atoms. The first-order valence-corrected chi connectivity index (χ1v) is 18.1. The maximum absolute atomic E-state index is 9.31. The minimum absolute atomic E-state index is 0.712. The number of aromatic nitrogens is 4. The van der Waals surface area contributed by atoms with E-state index in [1.807, 2.05) is 88.5 Å². The molecule has 5 aromatic carbocycles. The highest BCUT2D eigenvalue weighted by Crippen LogP contribution is 2.42. The summed E-state index contributed by atoms with van der Waals surface area (Å²) in [7, 11) is 0. The van der Waals surface area contributed by atoms with Gasteiger partial charge in [-0.3, -0.25) is 9.55 Å². The van der Waals surface area contributed by atoms with Crippen LogP contribution in [0.15, 0.2) is 134 Å². The molecule has 0 amide bonds. The summed E-state index contributed by atoms with van der Waals surface area (Å²) in [6, 6.07) is 41.5. The third-order valence-corrected chi connectivity index (χ3v) is 10.2. The van der Waals surface area contributed by atoms with Gasteiger partial charge in [0, 0.05) is 54.4 Å². The number of nitrogens with zero attached hydrogens (tertiary/aromatic N) is 4. The van der Waals surface area contributed by atoms with Gasteiger partial charge < -0.3 is 9.30 Å². The van der Waals surface area contributed by atoms with Crippen molar-refractivity contribution >= 4 is 43.6 Å². The van der Waals surface area contributed by atoms with Crippen LogP contribution in [0.25, 0.3) is 66.4 Å². The summed E-state index contributed by atoms with van der Waals surface area (Å²) in [5.74, 6) is 0.439. The quantitative estimate of drug-likeness (QED) is 0.167. The highest BCUT2D eigenvalue weighted by Gasteiger charge is 2.23. The number of benzene rings is 5. The number of ether oxygens (including phenoxy) is 1. The number of para-hydroxylation sites is 1. The summed E-state index contributed by atoms with van der Waals surface area (Å²) in [5, 5.41) is 4.39. The zero-order valence-corrected chi connectivity index (χ0v) is 30.9. The lowest BCUT2D eigenvalue weighted by atomic mass is 9.95. The van der Waals surface area contributed by atoms with Crippen LogP contribution >= 0.6 is 0 Å². The van der Waals surface area contributed by atoms with E-state index in [0.29, 0.717) is 5.75 Å². The minimum Gasteiger partial charge on any atom is -0.457 e. The molecule has 0 aliphatic heterocycles. The van der Waals surface area contributed by atoms with E-state index in [-0.39, 0.29) is 0 Å². The Balaban J connectivity index is 1.27. The first-order chi connectivity index (χ1) is 26.3. The van der Waals surface area contributed by atoms with Crippen LogP contribution in [0.1, 0.15) is 64.5 Å². The lowest BCUT2D eigenvalue weighted by molar-refractivity contribution is 0.483. The molecule has 4 aromatic heterocycles. The summed E-state index contributed by atoms with van der Waals surface area (Å²) in [5.41, 5.74) is 10.9. The summed E-state index contributed by atoms with van der Waals surface area (Å²) < 4.78 is 29.6. The average Bonchev–Trinajstić information content (AvgIpc) is 3.66. The third kappa shape index (κ3) is 5.55. The van der Waals surface area contributed by atoms with Crippen molar-refractivity contribution in [2.75, 3.05) is 0 Å². The standard InChI is InChI=1S/C48H42N4O/c1-29(2)39-22-31(5)24-41-42-25-32(6)23-40(30(3)4)48(42)51(47(39)41)34-19-21-50-46(27-34)52-44-16-8-7-14-37(44)38-18-17-36(28-45(38)52)53-35-13-11-12-33(26-35)43-15-9-10-20-49-43/h7-30H,1-6H3/i29D,30D. The SMILES string of the molecule is [2H]C(C)(C)c1cc(C)cc2c3cc(C)cc(C([2H])(C)C)c3n(-c3ccnc(-n4c5ccccc5c5ccc(Oc6cccc(-c7ccccn7)c6)cc54)c3)c12. The summed E-state index contributed by atoms with van der Waals surface area (Å²) >= 11 is 0. The van der Waals surface area contributed by atoms with E-state index in [2.05, 4.69) is 94.7 Å². The number of fused-ring (bicyclic) bond motifs is 6. The van der Waals surface area contributed by atoms with Crippen LogP contribution in [0.4, 0.5) is 0 Å². The van der Waals surface area contributed by atoms with Crippen LogP contribution in [-0.4, -0.2) is 19.1 Å². The Hall–Kier alpha value is -6.20. The van der Waals surface area contributed by atoms with E-state index in [4.69, 9.17) is 9.72 Å². The Bertz CT molecular complexity index is 2870. The second-order valence-electron chi connectivity index (χ2n) is 14.5. The first kappa shape index (κ1) is 30.4. The Labute approximate surface area is 313 Å². The molecule has 260 valence electrons. The maximum atomic E-state index is 9.31. The number of hydrogen-bond acceptors (Lipinski definition) is 3. The van der Waals surface area contributed by atoms with Gasteiger partial charge in [-0.2, -0.15) is 0 Å². The number of hydrogen-bond donors (Lipinski definition) is 0. The van der Waals surface area contributed by atoms with Crippen molar-refractivity contribution in [3.8, 4) is 34.3 Å². The van der Waals surface area contributed by atoms with Gasteiger partial charge in [-0.05, 0) is 97.4 Å². The fourth-order valence-electron chi connectivity index (χ4n) is 7.90. The molecule has 0 spiro atoms. The molecule has 9 rings (SSSR count). The van der Waals surface area contributed by atoms with E-state index < -0.39 is 11.8 Å². The molecular weight excluding hydrogens is 649 g/mol. The molecule has 0 bridgehead atoms. The minimum atomic E-state index is -0.877. The molecule has 0 saturated carbocycles. The Morgan fingerprint density at radius 1 is 0.547 bits per heavy atom. The van der Waals surface area contributed by atoms with E-state index in [1.165, 1.54) is 0 Å². The molecule has 0 fully saturated rings. The van der Waals surface area contributed by atoms with Gasteiger partial charge in [0.15, 0.2) is 0 Å². The summed E-state index contributed by atoms with van der Waals surface area (Å²) in [6.45, 7) is 12.0. The molecule has 4 heterocycles. The lowest BCUT2D eigenvalue weighted by Crippen LogP contribution is -2.04. The molecule has 0 radical (unpaired) electrons. The molecular formula is C48H42N4O. The zero-order valence-electron chi connectivity index (χ0n) is 32.9. The summed E-state index contributed by atoms with van der Waals surface area (Å²) in [4.78, 5) is 9.53. The second-order valence-corrected chi connectivity index (χ2v) is 14.5. The molecule has 0 atom stereocenters. The van der Waals surface area contributed by atoms with Crippen LogP contribution < -0.4 is 4.74 Å². The molecule has 0 saturated heterocycles. The number of aryl methyl sites for hydroxylation is 2. The van der Waals surface area contributed by atoms with Crippen molar-refractivity contribution in [1.82, 2.24) is 19.1 Å². The molecule has 9 aromatic rings. The van der Waals surface area contributed by atoms with Crippen molar-refractivity contribution in [2.24, 2.45) is 0 Å². The van der Waals surface area contributed by atoms with Crippen molar-refractivity contribution in [3.05, 3.63) is 156 Å². The van der Waals surface area contributed by atoms with Crippen molar-refractivity contribution in [2.45, 2.75) is 53.3 Å². The molecule has 0 aliphatic carbocycles. The van der Waals surface area contributed by atoms with Crippen molar-refractivity contribution < 1.29 is 7.48 Å². The van der Waals surface area contributed by atoms with Crippen molar-refractivity contribution in [1.29, 1.82) is 0 Å². The number of rotatable bonds is 7. The van der Waals surface area contributed by atoms with Crippen LogP contribution in [0.3, 0.4) is 0 Å². The van der Waals surface area contributed by atoms with Crippen LogP contribution in [0.2, 0.25) is 0 Å². The second kappa shape index (κ2) is 12.8. The van der Waals surface area contributed by atoms with Crippen LogP contribution in [0.5, 0.6) is 11.5 Å². The van der Waals surface area contributed by atoms with E-state index in [1.54, 1.807) is 6.20 Å². The molecule has 0 unspecified atom stereocenters. The molecule has 5 heteroatoms. The zero-order chi connectivity index (χ0) is 38.2. The highest BCUT2D eigenvalue weighted by molar-refractivity contribution is 6.12. The topological polar surface area (TPSA) is 44.9 Å². The van der Waals surface area contributed by atoms with Gasteiger partial charge >= 0.3 is 0 Å². The van der Waals surface area contributed by atoms with Crippen molar-refractivity contribution in [3.63, 3.8) is 0 Å². The average molecular weight is 693 g/mol. The van der Waals surface area contributed by atoms with E-state index in [9.17, 15) is 2.74 Å². The fourth-order valence-corrected chi connectivity index (χ4v) is 7.90. The molecule has 0 aliphatic rings. The monoisotopic (exact) mass is 692 g/mol. The van der Waals surface area contributed by atoms with Crippen LogP contribution in [0, 0.1) is 13.8 Å². The van der Waals surface area contributed by atoms with Gasteiger partial charge in [0.25, 0.3) is 0 Å². The van der Waals surface area contributed by atoms with Gasteiger partial charge in [-0.1, -0.05) is 87.4 Å². The predicted octanol–water partition coefficient (Wildman–Crippen LogP) is 13.0. The smallest absolute Gasteiger partial charge is 0.139 e. The van der Waals surface area contributed by atoms with E-state index in [0.717, 1.165) is 94.4 Å². The Morgan fingerprint density at radius 2 is 1.23 bits per heavy atom. The number of pyridine rings is 2. The largest absolute Gasteiger partial charge is 0.457 e. The fraction of sp³-hybridized carbons (Fsp3) is 0.167. The predicted molar refractivity (Wildman–Crippen MR) is 220 cm³/mol. The lowest BCUT2D eigenvalue weighted by Gasteiger charge is -2.18. The highest BCUT2D eigenvalue weighted by atomic mass is 16.5. The van der Waals surface area contributed by atoms with E-state index >= 15 is 0 Å². The molecule has 0 N–H and O–H groups in total. The van der Waals surface area contributed by atoms with Gasteiger partial charge in [0.2, 0.25) is 0 Å². The van der Waals surface area contributed by atoms with Gasteiger partial charge in [-0.15, -0.1) is 0 Å². The maximum Gasteiger partial charge on any atom is 0.139 e. The van der Waals surface area contributed by atoms with Gasteiger partial charge in [0.05, 0.1) is 33.4 Å². The van der Waals surface area contributed by atoms with Gasteiger partial charge in [0.1, 0.15) is 17.3 Å².